The zero-order valence-electron chi connectivity index (χ0n) is 12.9. The third kappa shape index (κ3) is 5.21. The van der Waals surface area contributed by atoms with Gasteiger partial charge < -0.3 is 15.3 Å². The first-order chi connectivity index (χ1) is 9.41. The lowest BCUT2D eigenvalue weighted by atomic mass is 10.1. The highest BCUT2D eigenvalue weighted by atomic mass is 16.3. The zero-order chi connectivity index (χ0) is 15.1. The number of rotatable bonds is 7. The van der Waals surface area contributed by atoms with Gasteiger partial charge in [-0.05, 0) is 64.9 Å². The summed E-state index contributed by atoms with van der Waals surface area (Å²) < 4.78 is 0. The molecule has 0 bridgehead atoms. The zero-order valence-corrected chi connectivity index (χ0v) is 12.9. The van der Waals surface area contributed by atoms with Crippen molar-refractivity contribution in [3.63, 3.8) is 0 Å². The van der Waals surface area contributed by atoms with Gasteiger partial charge in [-0.3, -0.25) is 4.79 Å². The van der Waals surface area contributed by atoms with Crippen molar-refractivity contribution in [2.24, 2.45) is 0 Å². The van der Waals surface area contributed by atoms with Crippen molar-refractivity contribution >= 4 is 5.91 Å². The third-order valence-electron chi connectivity index (χ3n) is 3.50. The van der Waals surface area contributed by atoms with Crippen molar-refractivity contribution in [3.05, 3.63) is 29.3 Å². The number of unbranched alkanes of at least 4 members (excludes halogenated alkanes) is 1. The largest absolute Gasteiger partial charge is 0.507 e. The van der Waals surface area contributed by atoms with Crippen molar-refractivity contribution in [1.29, 1.82) is 0 Å². The molecule has 2 N–H and O–H groups in total. The Kier molecular flexibility index (Phi) is 6.52. The van der Waals surface area contributed by atoms with Crippen LogP contribution in [-0.2, 0) is 0 Å². The third-order valence-corrected chi connectivity index (χ3v) is 3.50. The van der Waals surface area contributed by atoms with Gasteiger partial charge in [-0.2, -0.15) is 0 Å². The van der Waals surface area contributed by atoms with Crippen LogP contribution in [0.5, 0.6) is 5.75 Å². The van der Waals surface area contributed by atoms with Crippen LogP contribution in [0.2, 0.25) is 0 Å². The number of benzene rings is 1. The Balaban J connectivity index is 2.30. The van der Waals surface area contributed by atoms with Crippen LogP contribution in [0.1, 0.15) is 42.6 Å². The summed E-state index contributed by atoms with van der Waals surface area (Å²) in [7, 11) is 2.10. The van der Waals surface area contributed by atoms with E-state index < -0.39 is 0 Å². The Morgan fingerprint density at radius 2 is 2.05 bits per heavy atom. The van der Waals surface area contributed by atoms with Crippen molar-refractivity contribution in [1.82, 2.24) is 10.2 Å². The Morgan fingerprint density at radius 3 is 2.65 bits per heavy atom. The highest BCUT2D eigenvalue weighted by molar-refractivity contribution is 5.96. The molecule has 0 saturated heterocycles. The maximum absolute atomic E-state index is 11.9. The molecule has 0 spiro atoms. The monoisotopic (exact) mass is 278 g/mol. The number of phenolic OH excluding ortho intramolecular Hbond substituents is 1. The van der Waals surface area contributed by atoms with Crippen LogP contribution >= 0.6 is 0 Å². The van der Waals surface area contributed by atoms with Gasteiger partial charge in [0.2, 0.25) is 0 Å². The molecule has 112 valence electrons. The predicted octanol–water partition coefficient (Wildman–Crippen LogP) is 2.55. The molecule has 20 heavy (non-hydrogen) atoms. The van der Waals surface area contributed by atoms with E-state index >= 15 is 0 Å². The van der Waals surface area contributed by atoms with E-state index in [2.05, 4.69) is 31.1 Å². The fraction of sp³-hybridized carbons (Fsp3) is 0.562. The van der Waals surface area contributed by atoms with Gasteiger partial charge >= 0.3 is 0 Å². The van der Waals surface area contributed by atoms with E-state index in [1.807, 2.05) is 13.0 Å². The average Bonchev–Trinajstić information content (AvgIpc) is 2.37. The molecule has 0 radical (unpaired) electrons. The van der Waals surface area contributed by atoms with Gasteiger partial charge in [0.25, 0.3) is 5.91 Å². The smallest absolute Gasteiger partial charge is 0.255 e. The minimum absolute atomic E-state index is 0.0436. The molecule has 0 fully saturated rings. The van der Waals surface area contributed by atoms with Gasteiger partial charge in [0, 0.05) is 12.6 Å². The summed E-state index contributed by atoms with van der Waals surface area (Å²) in [6, 6.07) is 5.64. The van der Waals surface area contributed by atoms with E-state index in [-0.39, 0.29) is 11.7 Å². The van der Waals surface area contributed by atoms with E-state index in [0.29, 0.717) is 18.2 Å². The second-order valence-corrected chi connectivity index (χ2v) is 5.56. The van der Waals surface area contributed by atoms with Crippen molar-refractivity contribution < 1.29 is 9.90 Å². The van der Waals surface area contributed by atoms with E-state index in [9.17, 15) is 9.90 Å². The number of carbonyl (C=O) groups is 1. The van der Waals surface area contributed by atoms with Crippen LogP contribution in [0.25, 0.3) is 0 Å². The second-order valence-electron chi connectivity index (χ2n) is 5.56. The first-order valence-electron chi connectivity index (χ1n) is 7.20. The van der Waals surface area contributed by atoms with E-state index in [1.165, 1.54) is 0 Å². The number of hydrogen-bond donors (Lipinski definition) is 2. The van der Waals surface area contributed by atoms with Gasteiger partial charge in [0.05, 0.1) is 5.56 Å². The van der Waals surface area contributed by atoms with Crippen LogP contribution in [-0.4, -0.2) is 42.1 Å². The molecule has 0 aromatic heterocycles. The van der Waals surface area contributed by atoms with E-state index in [4.69, 9.17) is 0 Å². The van der Waals surface area contributed by atoms with Gasteiger partial charge in [0.15, 0.2) is 0 Å². The number of aryl methyl sites for hydroxylation is 1. The minimum Gasteiger partial charge on any atom is -0.507 e. The van der Waals surface area contributed by atoms with E-state index in [0.717, 1.165) is 24.9 Å². The van der Waals surface area contributed by atoms with Crippen LogP contribution in [0.3, 0.4) is 0 Å². The lowest BCUT2D eigenvalue weighted by molar-refractivity contribution is 0.0950. The number of phenols is 1. The molecule has 1 amide bonds. The number of nitrogens with zero attached hydrogens (tertiary/aromatic N) is 1. The summed E-state index contributed by atoms with van der Waals surface area (Å²) in [6.45, 7) is 7.89. The highest BCUT2D eigenvalue weighted by Crippen LogP contribution is 2.18. The minimum atomic E-state index is -0.209. The summed E-state index contributed by atoms with van der Waals surface area (Å²) in [4.78, 5) is 14.2. The fourth-order valence-corrected chi connectivity index (χ4v) is 1.88. The Morgan fingerprint density at radius 1 is 1.35 bits per heavy atom. The molecular weight excluding hydrogens is 252 g/mol. The molecule has 0 unspecified atom stereocenters. The first kappa shape index (κ1) is 16.5. The standard InChI is InChI=1S/C16H26N2O2/c1-12(2)18(4)10-6-5-9-17-16(20)14-8-7-13(3)11-15(14)19/h7-8,11-12,19H,5-6,9-10H2,1-4H3,(H,17,20). The van der Waals surface area contributed by atoms with Crippen LogP contribution in [0.15, 0.2) is 18.2 Å². The second kappa shape index (κ2) is 7.90. The van der Waals surface area contributed by atoms with Crippen molar-refractivity contribution in [2.75, 3.05) is 20.1 Å². The highest BCUT2D eigenvalue weighted by Gasteiger charge is 2.10. The fourth-order valence-electron chi connectivity index (χ4n) is 1.88. The number of aromatic hydroxyl groups is 1. The van der Waals surface area contributed by atoms with Gasteiger partial charge in [-0.15, -0.1) is 0 Å². The summed E-state index contributed by atoms with van der Waals surface area (Å²) in [5.74, 6) is -0.165. The number of carbonyl (C=O) groups excluding carboxylic acids is 1. The van der Waals surface area contributed by atoms with Gasteiger partial charge in [-0.1, -0.05) is 6.07 Å². The molecule has 1 rings (SSSR count). The van der Waals surface area contributed by atoms with Crippen LogP contribution < -0.4 is 5.32 Å². The molecule has 0 aliphatic heterocycles. The molecular formula is C16H26N2O2. The number of amides is 1. The Bertz CT molecular complexity index is 444. The molecule has 1 aromatic rings. The normalized spacial score (nSPS) is 11.1. The number of nitrogens with one attached hydrogen (secondary N) is 1. The lowest BCUT2D eigenvalue weighted by Gasteiger charge is -2.20. The van der Waals surface area contributed by atoms with Crippen LogP contribution in [0, 0.1) is 6.92 Å². The average molecular weight is 278 g/mol. The van der Waals surface area contributed by atoms with Gasteiger partial charge in [-0.25, -0.2) is 0 Å². The van der Waals surface area contributed by atoms with Crippen molar-refractivity contribution in [3.8, 4) is 5.75 Å². The summed E-state index contributed by atoms with van der Waals surface area (Å²) in [5, 5.41) is 12.6. The SMILES string of the molecule is Cc1ccc(C(=O)NCCCCN(C)C(C)C)c(O)c1. The van der Waals surface area contributed by atoms with Crippen molar-refractivity contribution in [2.45, 2.75) is 39.7 Å². The molecule has 1 aromatic carbocycles. The molecule has 0 atom stereocenters. The number of hydrogen-bond acceptors (Lipinski definition) is 3. The topological polar surface area (TPSA) is 52.6 Å². The lowest BCUT2D eigenvalue weighted by Crippen LogP contribution is -2.29. The Hall–Kier alpha value is -1.55. The first-order valence-corrected chi connectivity index (χ1v) is 7.20. The molecule has 0 aliphatic rings. The molecule has 4 nitrogen and oxygen atoms in total. The maximum Gasteiger partial charge on any atom is 0.255 e. The summed E-state index contributed by atoms with van der Waals surface area (Å²) in [5.41, 5.74) is 1.28. The maximum atomic E-state index is 11.9. The molecule has 0 saturated carbocycles. The van der Waals surface area contributed by atoms with E-state index in [1.54, 1.807) is 12.1 Å². The molecule has 4 heteroatoms. The predicted molar refractivity (Wildman–Crippen MR) is 82.2 cm³/mol. The Labute approximate surface area is 121 Å². The summed E-state index contributed by atoms with van der Waals surface area (Å²) in [6.07, 6.45) is 1.99. The molecule has 0 heterocycles. The molecule has 0 aliphatic carbocycles. The van der Waals surface area contributed by atoms with Gasteiger partial charge in [0.1, 0.15) is 5.75 Å². The summed E-state index contributed by atoms with van der Waals surface area (Å²) >= 11 is 0. The van der Waals surface area contributed by atoms with Crippen LogP contribution in [0.4, 0.5) is 0 Å². The quantitative estimate of drug-likeness (QED) is 0.754.